The monoisotopic (exact) mass is 236 g/mol. The summed E-state index contributed by atoms with van der Waals surface area (Å²) in [4.78, 5) is 18.2. The molecule has 4 heteroatoms. The molecule has 0 aliphatic rings. The van der Waals surface area contributed by atoms with E-state index in [1.54, 1.807) is 0 Å². The fraction of sp³-hybridized carbons (Fsp3) is 0.500. The van der Waals surface area contributed by atoms with E-state index < -0.39 is 0 Å². The molecule has 0 aliphatic carbocycles. The maximum atomic E-state index is 10.2. The fourth-order valence-electron chi connectivity index (χ4n) is 0.868. The van der Waals surface area contributed by atoms with E-state index in [0.29, 0.717) is 11.6 Å². The van der Waals surface area contributed by atoms with Crippen molar-refractivity contribution in [1.29, 1.82) is 0 Å². The van der Waals surface area contributed by atoms with Crippen LogP contribution < -0.4 is 63.2 Å². The first-order chi connectivity index (χ1) is 5.22. The topological polar surface area (TPSA) is 44.1 Å². The van der Waals surface area contributed by atoms with Crippen molar-refractivity contribution in [3.05, 3.63) is 17.7 Å². The summed E-state index contributed by atoms with van der Waals surface area (Å²) in [7, 11) is 0. The summed E-state index contributed by atoms with van der Waals surface area (Å²) < 4.78 is 0. The Hall–Kier alpha value is 0.685. The van der Waals surface area contributed by atoms with E-state index in [1.165, 1.54) is 6.20 Å². The van der Waals surface area contributed by atoms with E-state index in [1.807, 2.05) is 0 Å². The molecule has 0 unspecified atom stereocenters. The van der Waals surface area contributed by atoms with Crippen LogP contribution in [0.15, 0.2) is 6.20 Å². The fourth-order valence-corrected chi connectivity index (χ4v) is 0.868. The van der Waals surface area contributed by atoms with Crippen molar-refractivity contribution in [2.24, 2.45) is 5.92 Å². The maximum Gasteiger partial charge on any atom is 1.00 e. The average Bonchev–Trinajstić information content (AvgIpc) is 2.34. The first kappa shape index (κ1) is 12.7. The number of imidazole rings is 1. The SMILES string of the molecule is CC(C)Cc1ncc(C=O)[n-]1.[Rb+]. The van der Waals surface area contributed by atoms with Crippen molar-refractivity contribution in [3.63, 3.8) is 0 Å². The zero-order valence-electron chi connectivity index (χ0n) is 7.74. The summed E-state index contributed by atoms with van der Waals surface area (Å²) >= 11 is 0. The van der Waals surface area contributed by atoms with E-state index in [0.717, 1.165) is 18.5 Å². The first-order valence-corrected chi connectivity index (χ1v) is 3.66. The molecule has 0 spiro atoms. The number of rotatable bonds is 3. The minimum Gasteiger partial charge on any atom is -0.446 e. The summed E-state index contributed by atoms with van der Waals surface area (Å²) in [6.07, 6.45) is 3.06. The van der Waals surface area contributed by atoms with Gasteiger partial charge in [0.05, 0.1) is 0 Å². The molecule has 0 aliphatic heterocycles. The molecule has 12 heavy (non-hydrogen) atoms. The molecule has 0 amide bonds. The molecular weight excluding hydrogens is 226 g/mol. The zero-order valence-corrected chi connectivity index (χ0v) is 12.7. The molecule has 0 aromatic carbocycles. The van der Waals surface area contributed by atoms with Crippen LogP contribution in [0.2, 0.25) is 0 Å². The Kier molecular flexibility index (Phi) is 6.54. The van der Waals surface area contributed by atoms with Gasteiger partial charge in [-0.2, -0.15) is 0 Å². The van der Waals surface area contributed by atoms with Crippen LogP contribution in [0.25, 0.3) is 0 Å². The maximum absolute atomic E-state index is 10.2. The molecule has 0 N–H and O–H groups in total. The van der Waals surface area contributed by atoms with Gasteiger partial charge in [0, 0.05) is 0 Å². The van der Waals surface area contributed by atoms with E-state index in [-0.39, 0.29) is 58.2 Å². The Bertz CT molecular complexity index is 245. The third kappa shape index (κ3) is 4.07. The number of nitrogens with zero attached hydrogens (tertiary/aromatic N) is 2. The number of carbonyl (C=O) groups excluding carboxylic acids is 1. The van der Waals surface area contributed by atoms with Gasteiger partial charge >= 0.3 is 58.2 Å². The molecule has 60 valence electrons. The molecule has 0 atom stereocenters. The second-order valence-corrected chi connectivity index (χ2v) is 2.93. The van der Waals surface area contributed by atoms with Crippen LogP contribution in [0.1, 0.15) is 30.2 Å². The summed E-state index contributed by atoms with van der Waals surface area (Å²) in [6, 6.07) is 0. The van der Waals surface area contributed by atoms with Gasteiger partial charge in [-0.05, 0) is 18.0 Å². The average molecular weight is 237 g/mol. The molecule has 0 bridgehead atoms. The van der Waals surface area contributed by atoms with Crippen LogP contribution in [-0.2, 0) is 6.42 Å². The van der Waals surface area contributed by atoms with Gasteiger partial charge in [-0.25, -0.2) is 0 Å². The standard InChI is InChI=1S/C8H12N2O.Rb/c1-6(2)3-8-9-4-7(5-11)10-8;/h4-6H,3H2,1-2H3,(H,9,10,11);/q;+1/p-1. The zero-order chi connectivity index (χ0) is 8.27. The molecule has 1 heterocycles. The van der Waals surface area contributed by atoms with Gasteiger partial charge in [0.15, 0.2) is 0 Å². The molecule has 1 rings (SSSR count). The summed E-state index contributed by atoms with van der Waals surface area (Å²) in [5.41, 5.74) is 0.431. The van der Waals surface area contributed by atoms with E-state index in [2.05, 4.69) is 23.8 Å². The van der Waals surface area contributed by atoms with Crippen LogP contribution in [0.4, 0.5) is 0 Å². The Morgan fingerprint density at radius 2 is 2.33 bits per heavy atom. The van der Waals surface area contributed by atoms with E-state index in [4.69, 9.17) is 0 Å². The molecule has 1 aromatic rings. The predicted octanol–water partition coefficient (Wildman–Crippen LogP) is -1.95. The molecule has 0 saturated heterocycles. The Labute approximate surface area is 121 Å². The van der Waals surface area contributed by atoms with Crippen molar-refractivity contribution in [2.45, 2.75) is 20.3 Å². The molecule has 0 radical (unpaired) electrons. The normalized spacial score (nSPS) is 9.58. The quantitative estimate of drug-likeness (QED) is 0.574. The summed E-state index contributed by atoms with van der Waals surface area (Å²) in [5.74, 6) is 1.30. The van der Waals surface area contributed by atoms with Gasteiger partial charge in [0.1, 0.15) is 6.29 Å². The summed E-state index contributed by atoms with van der Waals surface area (Å²) in [5, 5.41) is 0. The van der Waals surface area contributed by atoms with Crippen LogP contribution in [0, 0.1) is 5.92 Å². The number of aromatic nitrogens is 2. The van der Waals surface area contributed by atoms with Gasteiger partial charge in [0.25, 0.3) is 0 Å². The summed E-state index contributed by atoms with van der Waals surface area (Å²) in [6.45, 7) is 4.19. The van der Waals surface area contributed by atoms with Crippen LogP contribution in [0.3, 0.4) is 0 Å². The van der Waals surface area contributed by atoms with Gasteiger partial charge in [-0.3, -0.25) is 4.79 Å². The molecule has 3 nitrogen and oxygen atoms in total. The molecular formula is C8H11N2ORb. The number of hydrogen-bond donors (Lipinski definition) is 0. The molecule has 0 saturated carbocycles. The van der Waals surface area contributed by atoms with Crippen LogP contribution in [0.5, 0.6) is 0 Å². The first-order valence-electron chi connectivity index (χ1n) is 3.66. The second kappa shape index (κ2) is 6.19. The van der Waals surface area contributed by atoms with Crippen molar-refractivity contribution in [3.8, 4) is 0 Å². The van der Waals surface area contributed by atoms with Crippen molar-refractivity contribution in [1.82, 2.24) is 9.97 Å². The van der Waals surface area contributed by atoms with Gasteiger partial charge < -0.3 is 9.97 Å². The molecule has 0 fully saturated rings. The largest absolute Gasteiger partial charge is 1.00 e. The third-order valence-corrected chi connectivity index (χ3v) is 1.32. The Morgan fingerprint density at radius 3 is 2.75 bits per heavy atom. The number of carbonyl (C=O) groups is 1. The minimum absolute atomic E-state index is 0. The van der Waals surface area contributed by atoms with Crippen molar-refractivity contribution in [2.75, 3.05) is 0 Å². The smallest absolute Gasteiger partial charge is 0.446 e. The van der Waals surface area contributed by atoms with E-state index >= 15 is 0 Å². The van der Waals surface area contributed by atoms with Crippen molar-refractivity contribution >= 4 is 6.29 Å². The van der Waals surface area contributed by atoms with Crippen molar-refractivity contribution < 1.29 is 63.0 Å². The minimum atomic E-state index is 0. The molecule has 1 aromatic heterocycles. The second-order valence-electron chi connectivity index (χ2n) is 2.93. The van der Waals surface area contributed by atoms with Crippen LogP contribution >= 0.6 is 0 Å². The third-order valence-electron chi connectivity index (χ3n) is 1.32. The van der Waals surface area contributed by atoms with Gasteiger partial charge in [-0.1, -0.05) is 25.9 Å². The number of hydrogen-bond acceptors (Lipinski definition) is 2. The Morgan fingerprint density at radius 1 is 1.67 bits per heavy atom. The predicted molar refractivity (Wildman–Crippen MR) is 41.5 cm³/mol. The van der Waals surface area contributed by atoms with E-state index in [9.17, 15) is 4.79 Å². The number of aldehydes is 1. The van der Waals surface area contributed by atoms with Crippen LogP contribution in [-0.4, -0.2) is 11.3 Å². The Balaban J connectivity index is 0.00000121. The van der Waals surface area contributed by atoms with Gasteiger partial charge in [-0.15, -0.1) is 0 Å². The van der Waals surface area contributed by atoms with Gasteiger partial charge in [0.2, 0.25) is 0 Å².